The number of hydrogen-bond acceptors (Lipinski definition) is 2. The maximum absolute atomic E-state index is 13.0. The predicted octanol–water partition coefficient (Wildman–Crippen LogP) is 3.22. The van der Waals surface area contributed by atoms with Gasteiger partial charge in [-0.2, -0.15) is 0 Å². The van der Waals surface area contributed by atoms with Crippen LogP contribution in [0.1, 0.15) is 44.7 Å². The first-order valence-corrected chi connectivity index (χ1v) is 6.77. The fourth-order valence-electron chi connectivity index (χ4n) is 3.15. The summed E-state index contributed by atoms with van der Waals surface area (Å²) in [5.74, 6) is -1.01. The van der Waals surface area contributed by atoms with E-state index in [-0.39, 0.29) is 11.9 Å². The summed E-state index contributed by atoms with van der Waals surface area (Å²) in [6, 6.07) is 6.31. The molecule has 2 rings (SSSR count). The van der Waals surface area contributed by atoms with Crippen LogP contribution in [0.5, 0.6) is 0 Å². The predicted molar refractivity (Wildman–Crippen MR) is 71.4 cm³/mol. The summed E-state index contributed by atoms with van der Waals surface area (Å²) in [6.07, 6.45) is 2.17. The molecule has 0 aliphatic carbocycles. The molecule has 0 bridgehead atoms. The van der Waals surface area contributed by atoms with Crippen LogP contribution < -0.4 is 0 Å². The standard InChI is InChI=1S/C15H20FNO2/c1-3-15(14(18)19)9-4-10-17(15)11(2)12-5-7-13(16)8-6-12/h5-8,11H,3-4,9-10H2,1-2H3,(H,18,19). The minimum absolute atomic E-state index is 0.0147. The molecular weight excluding hydrogens is 245 g/mol. The van der Waals surface area contributed by atoms with Gasteiger partial charge in [-0.05, 0) is 50.4 Å². The van der Waals surface area contributed by atoms with Crippen molar-refractivity contribution in [3.05, 3.63) is 35.6 Å². The van der Waals surface area contributed by atoms with Gasteiger partial charge in [-0.3, -0.25) is 9.69 Å². The van der Waals surface area contributed by atoms with Crippen LogP contribution in [0.2, 0.25) is 0 Å². The first-order chi connectivity index (χ1) is 9.01. The number of likely N-dealkylation sites (tertiary alicyclic amines) is 1. The Kier molecular flexibility index (Phi) is 3.90. The molecule has 1 heterocycles. The van der Waals surface area contributed by atoms with Crippen LogP contribution in [0.15, 0.2) is 24.3 Å². The highest BCUT2D eigenvalue weighted by Crippen LogP contribution is 2.39. The molecule has 4 heteroatoms. The second-order valence-electron chi connectivity index (χ2n) is 5.21. The SMILES string of the molecule is CCC1(C(=O)O)CCCN1C(C)c1ccc(F)cc1. The molecular formula is C15H20FNO2. The monoisotopic (exact) mass is 265 g/mol. The Balaban J connectivity index is 2.29. The zero-order valence-corrected chi connectivity index (χ0v) is 11.4. The average Bonchev–Trinajstić information content (AvgIpc) is 2.83. The van der Waals surface area contributed by atoms with Crippen molar-refractivity contribution >= 4 is 5.97 Å². The molecule has 1 fully saturated rings. The molecule has 1 N–H and O–H groups in total. The van der Waals surface area contributed by atoms with Crippen molar-refractivity contribution < 1.29 is 14.3 Å². The average molecular weight is 265 g/mol. The van der Waals surface area contributed by atoms with Gasteiger partial charge in [0.1, 0.15) is 11.4 Å². The van der Waals surface area contributed by atoms with Crippen LogP contribution in [-0.2, 0) is 4.79 Å². The van der Waals surface area contributed by atoms with Gasteiger partial charge in [-0.25, -0.2) is 4.39 Å². The number of halogens is 1. The van der Waals surface area contributed by atoms with E-state index in [1.54, 1.807) is 12.1 Å². The van der Waals surface area contributed by atoms with E-state index in [9.17, 15) is 14.3 Å². The summed E-state index contributed by atoms with van der Waals surface area (Å²) < 4.78 is 13.0. The van der Waals surface area contributed by atoms with Gasteiger partial charge in [0.2, 0.25) is 0 Å². The minimum Gasteiger partial charge on any atom is -0.480 e. The molecule has 19 heavy (non-hydrogen) atoms. The Morgan fingerprint density at radius 1 is 1.47 bits per heavy atom. The van der Waals surface area contributed by atoms with Crippen molar-refractivity contribution in [2.24, 2.45) is 0 Å². The molecule has 2 atom stereocenters. The Hall–Kier alpha value is -1.42. The molecule has 1 aromatic carbocycles. The third-order valence-corrected chi connectivity index (χ3v) is 4.34. The molecule has 0 aromatic heterocycles. The molecule has 0 radical (unpaired) electrons. The Morgan fingerprint density at radius 2 is 2.11 bits per heavy atom. The van der Waals surface area contributed by atoms with Crippen molar-refractivity contribution in [2.75, 3.05) is 6.54 Å². The lowest BCUT2D eigenvalue weighted by Gasteiger charge is -2.38. The van der Waals surface area contributed by atoms with Crippen molar-refractivity contribution in [2.45, 2.75) is 44.7 Å². The Bertz CT molecular complexity index is 460. The lowest BCUT2D eigenvalue weighted by Crippen LogP contribution is -2.50. The second-order valence-corrected chi connectivity index (χ2v) is 5.21. The van der Waals surface area contributed by atoms with Crippen LogP contribution in [0.3, 0.4) is 0 Å². The van der Waals surface area contributed by atoms with Crippen molar-refractivity contribution in [3.8, 4) is 0 Å². The lowest BCUT2D eigenvalue weighted by molar-refractivity contribution is -0.151. The van der Waals surface area contributed by atoms with Crippen LogP contribution in [0, 0.1) is 5.82 Å². The lowest BCUT2D eigenvalue weighted by atomic mass is 9.91. The summed E-state index contributed by atoms with van der Waals surface area (Å²) in [6.45, 7) is 4.69. The fraction of sp³-hybridized carbons (Fsp3) is 0.533. The highest BCUT2D eigenvalue weighted by Gasteiger charge is 2.48. The van der Waals surface area contributed by atoms with Crippen LogP contribution in [0.25, 0.3) is 0 Å². The zero-order chi connectivity index (χ0) is 14.0. The molecule has 104 valence electrons. The Morgan fingerprint density at radius 3 is 2.63 bits per heavy atom. The highest BCUT2D eigenvalue weighted by molar-refractivity contribution is 5.79. The number of carboxylic acids is 1. The van der Waals surface area contributed by atoms with Gasteiger partial charge in [0.15, 0.2) is 0 Å². The second kappa shape index (κ2) is 5.29. The maximum atomic E-state index is 13.0. The smallest absolute Gasteiger partial charge is 0.324 e. The molecule has 0 saturated carbocycles. The number of carboxylic acid groups (broad SMARTS) is 1. The molecule has 0 spiro atoms. The molecule has 0 amide bonds. The van der Waals surface area contributed by atoms with Crippen LogP contribution in [0.4, 0.5) is 4.39 Å². The first-order valence-electron chi connectivity index (χ1n) is 6.77. The van der Waals surface area contributed by atoms with Gasteiger partial charge in [-0.15, -0.1) is 0 Å². The molecule has 2 unspecified atom stereocenters. The summed E-state index contributed by atoms with van der Waals surface area (Å²) in [4.78, 5) is 13.7. The molecule has 3 nitrogen and oxygen atoms in total. The molecule has 1 aromatic rings. The topological polar surface area (TPSA) is 40.5 Å². The zero-order valence-electron chi connectivity index (χ0n) is 11.4. The van der Waals surface area contributed by atoms with Crippen LogP contribution in [-0.4, -0.2) is 28.1 Å². The van der Waals surface area contributed by atoms with Gasteiger partial charge in [0.25, 0.3) is 0 Å². The van der Waals surface area contributed by atoms with Crippen LogP contribution >= 0.6 is 0 Å². The Labute approximate surface area is 113 Å². The minimum atomic E-state index is -0.770. The first kappa shape index (κ1) is 14.0. The van der Waals surface area contributed by atoms with Crippen molar-refractivity contribution in [3.63, 3.8) is 0 Å². The number of carbonyl (C=O) groups is 1. The van der Waals surface area contributed by atoms with Crippen molar-refractivity contribution in [1.29, 1.82) is 0 Å². The van der Waals surface area contributed by atoms with E-state index in [0.717, 1.165) is 18.5 Å². The fourth-order valence-corrected chi connectivity index (χ4v) is 3.15. The summed E-state index contributed by atoms with van der Waals surface area (Å²) in [5.41, 5.74) is 0.190. The number of aliphatic carboxylic acids is 1. The summed E-state index contributed by atoms with van der Waals surface area (Å²) >= 11 is 0. The van der Waals surface area contributed by atoms with Crippen molar-refractivity contribution in [1.82, 2.24) is 4.90 Å². The van der Waals surface area contributed by atoms with E-state index in [2.05, 4.69) is 0 Å². The summed E-state index contributed by atoms with van der Waals surface area (Å²) in [5, 5.41) is 9.57. The maximum Gasteiger partial charge on any atom is 0.324 e. The normalized spacial score (nSPS) is 25.4. The number of nitrogens with zero attached hydrogens (tertiary/aromatic N) is 1. The van der Waals surface area contributed by atoms with E-state index >= 15 is 0 Å². The number of rotatable bonds is 4. The van der Waals surface area contributed by atoms with Gasteiger partial charge in [0.05, 0.1) is 0 Å². The van der Waals surface area contributed by atoms with Gasteiger partial charge in [0, 0.05) is 6.04 Å². The molecule has 1 aliphatic rings. The van der Waals surface area contributed by atoms with Gasteiger partial charge < -0.3 is 5.11 Å². The highest BCUT2D eigenvalue weighted by atomic mass is 19.1. The largest absolute Gasteiger partial charge is 0.480 e. The van der Waals surface area contributed by atoms with E-state index < -0.39 is 11.5 Å². The summed E-state index contributed by atoms with van der Waals surface area (Å²) in [7, 11) is 0. The number of hydrogen-bond donors (Lipinski definition) is 1. The number of benzene rings is 1. The molecule has 1 aliphatic heterocycles. The third-order valence-electron chi connectivity index (χ3n) is 4.34. The van der Waals surface area contributed by atoms with Gasteiger partial charge in [-0.1, -0.05) is 19.1 Å². The van der Waals surface area contributed by atoms with E-state index in [1.807, 2.05) is 18.7 Å². The van der Waals surface area contributed by atoms with E-state index in [1.165, 1.54) is 12.1 Å². The van der Waals surface area contributed by atoms with Gasteiger partial charge >= 0.3 is 5.97 Å². The molecule has 1 saturated heterocycles. The van der Waals surface area contributed by atoms with E-state index in [0.29, 0.717) is 12.8 Å². The third kappa shape index (κ3) is 2.37. The van der Waals surface area contributed by atoms with E-state index in [4.69, 9.17) is 0 Å². The quantitative estimate of drug-likeness (QED) is 0.908.